The first-order valence-electron chi connectivity index (χ1n) is 9.39. The molecule has 1 aromatic heterocycles. The van der Waals surface area contributed by atoms with Crippen molar-refractivity contribution in [2.45, 2.75) is 6.54 Å². The van der Waals surface area contributed by atoms with E-state index in [2.05, 4.69) is 5.32 Å². The number of anilines is 1. The lowest BCUT2D eigenvalue weighted by atomic mass is 10.1. The van der Waals surface area contributed by atoms with Crippen LogP contribution >= 0.6 is 11.8 Å². The number of fused-ring (bicyclic) bond motifs is 1. The number of carbonyl (C=O) groups is 4. The van der Waals surface area contributed by atoms with Crippen molar-refractivity contribution < 1.29 is 19.2 Å². The number of nitrogens with two attached hydrogens (primary N) is 1. The first-order chi connectivity index (χ1) is 14.9. The van der Waals surface area contributed by atoms with Crippen LogP contribution in [0, 0.1) is 0 Å². The Morgan fingerprint density at radius 2 is 1.71 bits per heavy atom. The van der Waals surface area contributed by atoms with Gasteiger partial charge < -0.3 is 15.6 Å². The molecule has 2 aromatic carbocycles. The van der Waals surface area contributed by atoms with E-state index in [1.807, 2.05) is 30.3 Å². The number of rotatable bonds is 6. The zero-order chi connectivity index (χ0) is 22.0. The lowest BCUT2D eigenvalue weighted by molar-refractivity contribution is -0.127. The van der Waals surface area contributed by atoms with Crippen molar-refractivity contribution in [2.24, 2.45) is 5.73 Å². The smallest absolute Gasteiger partial charge is 0.294 e. The fourth-order valence-electron chi connectivity index (χ4n) is 3.33. The number of primary amides is 1. The number of carbonyl (C=O) groups excluding carboxylic acids is 4. The van der Waals surface area contributed by atoms with E-state index in [9.17, 15) is 19.2 Å². The minimum atomic E-state index is -0.537. The highest BCUT2D eigenvalue weighted by molar-refractivity contribution is 8.18. The van der Waals surface area contributed by atoms with Crippen LogP contribution in [0.15, 0.2) is 65.7 Å². The third kappa shape index (κ3) is 4.36. The second-order valence-corrected chi connectivity index (χ2v) is 7.87. The molecule has 0 unspecified atom stereocenters. The lowest BCUT2D eigenvalue weighted by Crippen LogP contribution is -2.36. The Labute approximate surface area is 181 Å². The molecule has 0 saturated carbocycles. The van der Waals surface area contributed by atoms with Gasteiger partial charge in [0.2, 0.25) is 11.8 Å². The van der Waals surface area contributed by atoms with Crippen molar-refractivity contribution in [1.29, 1.82) is 0 Å². The Morgan fingerprint density at radius 3 is 2.45 bits per heavy atom. The summed E-state index contributed by atoms with van der Waals surface area (Å²) in [5.74, 6) is -1.49. The number of para-hydroxylation sites is 2. The van der Waals surface area contributed by atoms with Gasteiger partial charge in [-0.2, -0.15) is 0 Å². The van der Waals surface area contributed by atoms with Crippen LogP contribution in [0.1, 0.15) is 5.56 Å². The number of benzene rings is 2. The SMILES string of the molecule is NC(=O)Cn1cc(/C=C2/SC(=O)N(CC(=O)Nc3ccccc3)C2=O)c2ccccc21. The van der Waals surface area contributed by atoms with E-state index in [-0.39, 0.29) is 18.0 Å². The van der Waals surface area contributed by atoms with Crippen molar-refractivity contribution in [1.82, 2.24) is 9.47 Å². The fourth-order valence-corrected chi connectivity index (χ4v) is 4.16. The molecule has 4 rings (SSSR count). The quantitative estimate of drug-likeness (QED) is 0.579. The van der Waals surface area contributed by atoms with Gasteiger partial charge >= 0.3 is 0 Å². The number of thioether (sulfide) groups is 1. The Kier molecular flexibility index (Phi) is 5.59. The van der Waals surface area contributed by atoms with E-state index < -0.39 is 23.0 Å². The minimum absolute atomic E-state index is 0.00448. The van der Waals surface area contributed by atoms with Crippen LogP contribution in [0.4, 0.5) is 10.5 Å². The second kappa shape index (κ2) is 8.49. The third-order valence-electron chi connectivity index (χ3n) is 4.67. The highest BCUT2D eigenvalue weighted by Gasteiger charge is 2.36. The molecule has 0 atom stereocenters. The molecule has 156 valence electrons. The molecular formula is C22H18N4O4S. The maximum atomic E-state index is 12.8. The average molecular weight is 434 g/mol. The fraction of sp³-hybridized carbons (Fsp3) is 0.0909. The lowest BCUT2D eigenvalue weighted by Gasteiger charge is -2.12. The topological polar surface area (TPSA) is 114 Å². The number of nitrogens with one attached hydrogen (secondary N) is 1. The number of hydrogen-bond acceptors (Lipinski definition) is 5. The minimum Gasteiger partial charge on any atom is -0.368 e. The van der Waals surface area contributed by atoms with Gasteiger partial charge in [0.1, 0.15) is 13.1 Å². The van der Waals surface area contributed by atoms with E-state index in [1.165, 1.54) is 0 Å². The number of imide groups is 1. The summed E-state index contributed by atoms with van der Waals surface area (Å²) in [6, 6.07) is 16.2. The van der Waals surface area contributed by atoms with Crippen LogP contribution in [-0.4, -0.2) is 39.0 Å². The third-order valence-corrected chi connectivity index (χ3v) is 5.57. The molecule has 2 heterocycles. The molecule has 3 aromatic rings. The Hall–Kier alpha value is -3.85. The van der Waals surface area contributed by atoms with E-state index in [0.717, 1.165) is 27.6 Å². The largest absolute Gasteiger partial charge is 0.368 e. The summed E-state index contributed by atoms with van der Waals surface area (Å²) >= 11 is 0.774. The Morgan fingerprint density at radius 1 is 1.00 bits per heavy atom. The van der Waals surface area contributed by atoms with Gasteiger partial charge in [-0.3, -0.25) is 24.1 Å². The van der Waals surface area contributed by atoms with Gasteiger partial charge in [-0.25, -0.2) is 0 Å². The highest BCUT2D eigenvalue weighted by Crippen LogP contribution is 2.34. The molecule has 0 spiro atoms. The van der Waals surface area contributed by atoms with Crippen LogP contribution in [-0.2, 0) is 20.9 Å². The Bertz CT molecular complexity index is 1230. The zero-order valence-electron chi connectivity index (χ0n) is 16.3. The van der Waals surface area contributed by atoms with Crippen LogP contribution in [0.2, 0.25) is 0 Å². The maximum absolute atomic E-state index is 12.8. The molecule has 1 saturated heterocycles. The number of aromatic nitrogens is 1. The molecular weight excluding hydrogens is 416 g/mol. The van der Waals surface area contributed by atoms with E-state index in [4.69, 9.17) is 5.73 Å². The van der Waals surface area contributed by atoms with Crippen molar-refractivity contribution >= 4 is 57.4 Å². The molecule has 0 aliphatic carbocycles. The van der Waals surface area contributed by atoms with Gasteiger partial charge in [0.25, 0.3) is 11.1 Å². The summed E-state index contributed by atoms with van der Waals surface area (Å²) < 4.78 is 1.70. The maximum Gasteiger partial charge on any atom is 0.294 e. The summed E-state index contributed by atoms with van der Waals surface area (Å²) in [5.41, 5.74) is 7.37. The van der Waals surface area contributed by atoms with Crippen molar-refractivity contribution in [3.8, 4) is 0 Å². The number of amides is 4. The van der Waals surface area contributed by atoms with Gasteiger partial charge in [-0.1, -0.05) is 36.4 Å². The van der Waals surface area contributed by atoms with Crippen molar-refractivity contribution in [2.75, 3.05) is 11.9 Å². The van der Waals surface area contributed by atoms with Gasteiger partial charge in [-0.15, -0.1) is 0 Å². The molecule has 9 heteroatoms. The molecule has 4 amide bonds. The molecule has 1 aliphatic heterocycles. The number of hydrogen-bond donors (Lipinski definition) is 2. The number of nitrogens with zero attached hydrogens (tertiary/aromatic N) is 2. The average Bonchev–Trinajstić information content (AvgIpc) is 3.21. The predicted octanol–water partition coefficient (Wildman–Crippen LogP) is 2.80. The van der Waals surface area contributed by atoms with Crippen molar-refractivity contribution in [3.63, 3.8) is 0 Å². The van der Waals surface area contributed by atoms with Gasteiger partial charge in [-0.05, 0) is 36.0 Å². The molecule has 3 N–H and O–H groups in total. The Balaban J connectivity index is 1.56. The van der Waals surface area contributed by atoms with E-state index in [1.54, 1.807) is 41.1 Å². The summed E-state index contributed by atoms with van der Waals surface area (Å²) in [5, 5.41) is 2.96. The summed E-state index contributed by atoms with van der Waals surface area (Å²) in [4.78, 5) is 49.9. The van der Waals surface area contributed by atoms with Crippen LogP contribution < -0.4 is 11.1 Å². The molecule has 31 heavy (non-hydrogen) atoms. The van der Waals surface area contributed by atoms with E-state index in [0.29, 0.717) is 11.3 Å². The van der Waals surface area contributed by atoms with Gasteiger partial charge in [0.05, 0.1) is 4.91 Å². The monoisotopic (exact) mass is 434 g/mol. The predicted molar refractivity (Wildman–Crippen MR) is 119 cm³/mol. The second-order valence-electron chi connectivity index (χ2n) is 6.88. The molecule has 0 bridgehead atoms. The van der Waals surface area contributed by atoms with Crippen LogP contribution in [0.3, 0.4) is 0 Å². The van der Waals surface area contributed by atoms with E-state index >= 15 is 0 Å². The summed E-state index contributed by atoms with van der Waals surface area (Å²) in [6.07, 6.45) is 3.31. The van der Waals surface area contributed by atoms with Gasteiger partial charge in [0.15, 0.2) is 0 Å². The summed E-state index contributed by atoms with van der Waals surface area (Å²) in [7, 11) is 0. The van der Waals surface area contributed by atoms with Crippen LogP contribution in [0.25, 0.3) is 17.0 Å². The van der Waals surface area contributed by atoms with Gasteiger partial charge in [0, 0.05) is 28.4 Å². The van der Waals surface area contributed by atoms with Crippen LogP contribution in [0.5, 0.6) is 0 Å². The molecule has 8 nitrogen and oxygen atoms in total. The summed E-state index contributed by atoms with van der Waals surface area (Å²) in [6.45, 7) is -0.379. The molecule has 1 aliphatic rings. The zero-order valence-corrected chi connectivity index (χ0v) is 17.1. The standard InChI is InChI=1S/C22H18N4O4S/c23-19(27)12-25-11-14(16-8-4-5-9-17(16)25)10-18-21(29)26(22(30)31-18)13-20(28)24-15-6-2-1-3-7-15/h1-11H,12-13H2,(H2,23,27)(H,24,28)/b18-10+. The molecule has 1 fully saturated rings. The first kappa shape index (κ1) is 20.4. The highest BCUT2D eigenvalue weighted by atomic mass is 32.2. The molecule has 0 radical (unpaired) electrons. The first-order valence-corrected chi connectivity index (χ1v) is 10.2. The van der Waals surface area contributed by atoms with Crippen molar-refractivity contribution in [3.05, 3.63) is 71.3 Å². The normalized spacial score (nSPS) is 15.1.